The molecule has 1 amide bonds. The number of benzene rings is 2. The van der Waals surface area contributed by atoms with Gasteiger partial charge in [0.2, 0.25) is 5.91 Å². The number of alkyl halides is 3. The van der Waals surface area contributed by atoms with E-state index >= 15 is 0 Å². The van der Waals surface area contributed by atoms with Gasteiger partial charge in [-0.2, -0.15) is 13.2 Å². The largest absolute Gasteiger partial charge is 0.416 e. The summed E-state index contributed by atoms with van der Waals surface area (Å²) in [5.41, 5.74) is -1.39. The minimum Gasteiger partial charge on any atom is -0.325 e. The average molecular weight is 419 g/mol. The van der Waals surface area contributed by atoms with Crippen molar-refractivity contribution in [3.63, 3.8) is 0 Å². The Kier molecular flexibility index (Phi) is 5.82. The molecule has 0 spiro atoms. The molecular formula is C21H20F3N3O3. The highest BCUT2D eigenvalue weighted by Gasteiger charge is 2.30. The molecule has 2 aromatic carbocycles. The molecular weight excluding hydrogens is 399 g/mol. The Labute approximate surface area is 169 Å². The van der Waals surface area contributed by atoms with Crippen LogP contribution in [0.3, 0.4) is 0 Å². The van der Waals surface area contributed by atoms with Crippen LogP contribution < -0.4 is 16.6 Å². The highest BCUT2D eigenvalue weighted by atomic mass is 19.4. The maximum absolute atomic E-state index is 13.0. The third kappa shape index (κ3) is 4.14. The van der Waals surface area contributed by atoms with Crippen molar-refractivity contribution in [2.75, 3.05) is 5.32 Å². The minimum atomic E-state index is -4.47. The van der Waals surface area contributed by atoms with Gasteiger partial charge in [-0.1, -0.05) is 19.1 Å². The number of carbonyl (C=O) groups excluding carboxylic acids is 1. The fraction of sp³-hybridized carbons (Fsp3) is 0.286. The number of anilines is 1. The second-order valence-electron chi connectivity index (χ2n) is 6.94. The maximum atomic E-state index is 13.0. The van der Waals surface area contributed by atoms with Gasteiger partial charge < -0.3 is 5.32 Å². The van der Waals surface area contributed by atoms with Crippen LogP contribution in [0.1, 0.15) is 31.9 Å². The van der Waals surface area contributed by atoms with Gasteiger partial charge in [0.15, 0.2) is 0 Å². The van der Waals surface area contributed by atoms with E-state index in [9.17, 15) is 27.6 Å². The summed E-state index contributed by atoms with van der Waals surface area (Å²) in [7, 11) is 0. The van der Waals surface area contributed by atoms with Gasteiger partial charge in [0, 0.05) is 11.7 Å². The van der Waals surface area contributed by atoms with Gasteiger partial charge in [0.1, 0.15) is 6.54 Å². The number of fused-ring (bicyclic) bond motifs is 1. The van der Waals surface area contributed by atoms with Crippen molar-refractivity contribution in [3.05, 3.63) is 74.9 Å². The van der Waals surface area contributed by atoms with E-state index in [1.807, 2.05) is 6.92 Å². The number of aromatic nitrogens is 2. The fourth-order valence-electron chi connectivity index (χ4n) is 3.15. The van der Waals surface area contributed by atoms with Gasteiger partial charge in [-0.3, -0.25) is 18.7 Å². The molecule has 0 saturated carbocycles. The van der Waals surface area contributed by atoms with Gasteiger partial charge >= 0.3 is 11.9 Å². The molecule has 1 atom stereocenters. The van der Waals surface area contributed by atoms with Crippen LogP contribution in [-0.2, 0) is 17.5 Å². The second-order valence-corrected chi connectivity index (χ2v) is 6.94. The summed E-state index contributed by atoms with van der Waals surface area (Å²) in [6.45, 7) is 3.19. The van der Waals surface area contributed by atoms with Crippen LogP contribution in [0.5, 0.6) is 0 Å². The molecule has 0 aliphatic carbocycles. The van der Waals surface area contributed by atoms with Crippen LogP contribution in [-0.4, -0.2) is 15.0 Å². The lowest BCUT2D eigenvalue weighted by molar-refractivity contribution is -0.137. The van der Waals surface area contributed by atoms with Crippen LogP contribution in [0.2, 0.25) is 0 Å². The highest BCUT2D eigenvalue weighted by Crippen LogP contribution is 2.29. The van der Waals surface area contributed by atoms with Crippen molar-refractivity contribution in [1.82, 2.24) is 9.13 Å². The lowest BCUT2D eigenvalue weighted by Gasteiger charge is -2.17. The van der Waals surface area contributed by atoms with Crippen LogP contribution >= 0.6 is 0 Å². The Balaban J connectivity index is 1.96. The van der Waals surface area contributed by atoms with Crippen LogP contribution in [0.15, 0.2) is 58.1 Å². The molecule has 0 unspecified atom stereocenters. The summed E-state index contributed by atoms with van der Waals surface area (Å²) < 4.78 is 40.3. The van der Waals surface area contributed by atoms with E-state index in [1.165, 1.54) is 4.57 Å². The number of halogens is 3. The lowest BCUT2D eigenvalue weighted by Crippen LogP contribution is -2.43. The summed E-state index contributed by atoms with van der Waals surface area (Å²) >= 11 is 0. The number of nitrogens with zero attached hydrogens (tertiary/aromatic N) is 2. The molecule has 0 aliphatic rings. The molecule has 1 N–H and O–H groups in total. The lowest BCUT2D eigenvalue weighted by atomic mass is 10.2. The number of hydrogen-bond donors (Lipinski definition) is 1. The zero-order valence-corrected chi connectivity index (χ0v) is 16.4. The van der Waals surface area contributed by atoms with Crippen molar-refractivity contribution < 1.29 is 18.0 Å². The van der Waals surface area contributed by atoms with E-state index in [1.54, 1.807) is 31.2 Å². The first-order valence-corrected chi connectivity index (χ1v) is 9.34. The quantitative estimate of drug-likeness (QED) is 0.684. The molecule has 3 rings (SSSR count). The van der Waals surface area contributed by atoms with E-state index in [4.69, 9.17) is 0 Å². The topological polar surface area (TPSA) is 73.1 Å². The van der Waals surface area contributed by atoms with E-state index in [0.29, 0.717) is 17.3 Å². The molecule has 0 radical (unpaired) electrons. The third-order valence-electron chi connectivity index (χ3n) is 4.91. The van der Waals surface area contributed by atoms with Crippen LogP contribution in [0, 0.1) is 0 Å². The summed E-state index contributed by atoms with van der Waals surface area (Å²) in [5.74, 6) is -0.601. The van der Waals surface area contributed by atoms with Crippen molar-refractivity contribution in [3.8, 4) is 0 Å². The summed E-state index contributed by atoms with van der Waals surface area (Å²) in [5, 5.41) is 2.79. The first-order chi connectivity index (χ1) is 14.1. The first kappa shape index (κ1) is 21.4. The molecule has 6 nitrogen and oxygen atoms in total. The van der Waals surface area contributed by atoms with Crippen LogP contribution in [0.4, 0.5) is 18.9 Å². The molecule has 0 aliphatic heterocycles. The molecule has 30 heavy (non-hydrogen) atoms. The van der Waals surface area contributed by atoms with Crippen molar-refractivity contribution in [2.45, 2.75) is 39.0 Å². The van der Waals surface area contributed by atoms with Gasteiger partial charge in [0.25, 0.3) is 5.56 Å². The Morgan fingerprint density at radius 3 is 2.30 bits per heavy atom. The predicted octanol–water partition coefficient (Wildman–Crippen LogP) is 3.79. The van der Waals surface area contributed by atoms with Crippen molar-refractivity contribution >= 4 is 22.5 Å². The molecule has 9 heteroatoms. The third-order valence-corrected chi connectivity index (χ3v) is 4.91. The number of para-hydroxylation sites is 1. The Morgan fingerprint density at radius 1 is 1.07 bits per heavy atom. The maximum Gasteiger partial charge on any atom is 0.416 e. The number of nitrogens with one attached hydrogen (secondary N) is 1. The molecule has 0 fully saturated rings. The minimum absolute atomic E-state index is 0.167. The van der Waals surface area contributed by atoms with E-state index in [2.05, 4.69) is 5.32 Å². The normalized spacial score (nSPS) is 12.7. The number of hydrogen-bond acceptors (Lipinski definition) is 3. The molecule has 1 aromatic heterocycles. The zero-order chi connectivity index (χ0) is 22.1. The standard InChI is InChI=1S/C21H20F3N3O3/c1-3-13(2)27-19(29)16-6-4-5-7-17(16)26(20(27)30)12-18(28)25-15-10-8-14(9-11-15)21(22,23)24/h4-11,13H,3,12H2,1-2H3,(H,25,28)/t13-/m1/s1. The van der Waals surface area contributed by atoms with E-state index in [0.717, 1.165) is 28.8 Å². The molecule has 1 heterocycles. The van der Waals surface area contributed by atoms with Gasteiger partial charge in [-0.25, -0.2) is 4.79 Å². The van der Waals surface area contributed by atoms with E-state index in [-0.39, 0.29) is 11.7 Å². The van der Waals surface area contributed by atoms with Crippen molar-refractivity contribution in [1.29, 1.82) is 0 Å². The monoisotopic (exact) mass is 419 g/mol. The Hall–Kier alpha value is -3.36. The summed E-state index contributed by atoms with van der Waals surface area (Å²) in [4.78, 5) is 38.2. The van der Waals surface area contributed by atoms with Gasteiger partial charge in [0.05, 0.1) is 16.5 Å². The first-order valence-electron chi connectivity index (χ1n) is 9.34. The molecule has 158 valence electrons. The number of rotatable bonds is 5. The number of amides is 1. The van der Waals surface area contributed by atoms with Gasteiger partial charge in [-0.15, -0.1) is 0 Å². The fourth-order valence-corrected chi connectivity index (χ4v) is 3.15. The van der Waals surface area contributed by atoms with E-state index < -0.39 is 35.4 Å². The van der Waals surface area contributed by atoms with Crippen LogP contribution in [0.25, 0.3) is 10.9 Å². The zero-order valence-electron chi connectivity index (χ0n) is 16.4. The number of carbonyl (C=O) groups is 1. The molecule has 0 saturated heterocycles. The average Bonchev–Trinajstić information content (AvgIpc) is 2.70. The molecule has 0 bridgehead atoms. The molecule has 3 aromatic rings. The summed E-state index contributed by atoms with van der Waals surface area (Å²) in [6, 6.07) is 10.1. The summed E-state index contributed by atoms with van der Waals surface area (Å²) in [6.07, 6.45) is -3.93. The Bertz CT molecular complexity index is 1190. The smallest absolute Gasteiger partial charge is 0.325 e. The second kappa shape index (κ2) is 8.17. The predicted molar refractivity (Wildman–Crippen MR) is 108 cm³/mol. The van der Waals surface area contributed by atoms with Crippen molar-refractivity contribution in [2.24, 2.45) is 0 Å². The Morgan fingerprint density at radius 2 is 1.70 bits per heavy atom. The van der Waals surface area contributed by atoms with Gasteiger partial charge in [-0.05, 0) is 49.7 Å². The highest BCUT2D eigenvalue weighted by molar-refractivity contribution is 5.91. The SMILES string of the molecule is CC[C@@H](C)n1c(=O)c2ccccc2n(CC(=O)Nc2ccc(C(F)(F)F)cc2)c1=O.